The molecule has 0 saturated carbocycles. The van der Waals surface area contributed by atoms with Crippen molar-refractivity contribution in [1.29, 1.82) is 0 Å². The second-order valence-electron chi connectivity index (χ2n) is 4.96. The van der Waals surface area contributed by atoms with Crippen LogP contribution in [0, 0.1) is 11.6 Å². The standard InChI is InChI=1S/C15H15F2NS2/c16-11-2-1-9(5-12(11)17)6-13(18)15-7-10-8-19-4-3-14(10)20-15/h1-2,5,7,13H,3-4,6,8,18H2. The van der Waals surface area contributed by atoms with E-state index in [1.54, 1.807) is 17.4 Å². The van der Waals surface area contributed by atoms with Crippen molar-refractivity contribution in [2.45, 2.75) is 24.6 Å². The van der Waals surface area contributed by atoms with Crippen molar-refractivity contribution in [2.24, 2.45) is 5.73 Å². The van der Waals surface area contributed by atoms with Gasteiger partial charge in [0.2, 0.25) is 0 Å². The van der Waals surface area contributed by atoms with Crippen molar-refractivity contribution >= 4 is 23.1 Å². The van der Waals surface area contributed by atoms with E-state index in [0.717, 1.165) is 28.7 Å². The van der Waals surface area contributed by atoms with Gasteiger partial charge in [-0.05, 0) is 47.9 Å². The van der Waals surface area contributed by atoms with E-state index in [9.17, 15) is 8.78 Å². The number of thioether (sulfide) groups is 1. The summed E-state index contributed by atoms with van der Waals surface area (Å²) in [6, 6.07) is 6.02. The summed E-state index contributed by atoms with van der Waals surface area (Å²) in [7, 11) is 0. The lowest BCUT2D eigenvalue weighted by Gasteiger charge is -2.09. The van der Waals surface area contributed by atoms with Crippen molar-refractivity contribution in [3.63, 3.8) is 0 Å². The second-order valence-corrected chi connectivity index (χ2v) is 7.23. The molecule has 0 saturated heterocycles. The molecular formula is C15H15F2NS2. The number of rotatable bonds is 3. The van der Waals surface area contributed by atoms with Gasteiger partial charge < -0.3 is 5.73 Å². The molecule has 2 N–H and O–H groups in total. The molecule has 2 aromatic rings. The molecular weight excluding hydrogens is 296 g/mol. The third kappa shape index (κ3) is 2.90. The van der Waals surface area contributed by atoms with E-state index >= 15 is 0 Å². The Morgan fingerprint density at radius 2 is 2.05 bits per heavy atom. The lowest BCUT2D eigenvalue weighted by molar-refractivity contribution is 0.506. The number of hydrogen-bond acceptors (Lipinski definition) is 3. The molecule has 3 rings (SSSR count). The molecule has 0 aliphatic carbocycles. The zero-order valence-electron chi connectivity index (χ0n) is 10.9. The molecule has 106 valence electrons. The smallest absolute Gasteiger partial charge is 0.159 e. The minimum atomic E-state index is -0.814. The minimum absolute atomic E-state index is 0.152. The van der Waals surface area contributed by atoms with E-state index < -0.39 is 11.6 Å². The molecule has 1 aromatic heterocycles. The van der Waals surface area contributed by atoms with Crippen LogP contribution in [0.4, 0.5) is 8.78 Å². The number of hydrogen-bond donors (Lipinski definition) is 1. The lowest BCUT2D eigenvalue weighted by Crippen LogP contribution is -2.12. The predicted octanol–water partition coefficient (Wildman–Crippen LogP) is 4.06. The number of benzene rings is 1. The Kier molecular flexibility index (Phi) is 4.10. The van der Waals surface area contributed by atoms with Gasteiger partial charge in [-0.15, -0.1) is 11.3 Å². The molecule has 1 aliphatic rings. The average Bonchev–Trinajstić information content (AvgIpc) is 2.87. The number of aryl methyl sites for hydroxylation is 1. The van der Waals surface area contributed by atoms with E-state index in [-0.39, 0.29) is 6.04 Å². The number of thiophene rings is 1. The zero-order chi connectivity index (χ0) is 14.1. The van der Waals surface area contributed by atoms with E-state index in [1.807, 2.05) is 11.8 Å². The summed E-state index contributed by atoms with van der Waals surface area (Å²) in [6.07, 6.45) is 1.65. The maximum atomic E-state index is 13.2. The maximum Gasteiger partial charge on any atom is 0.159 e. The van der Waals surface area contributed by atoms with Gasteiger partial charge in [0.1, 0.15) is 0 Å². The number of fused-ring (bicyclic) bond motifs is 1. The predicted molar refractivity (Wildman–Crippen MR) is 81.2 cm³/mol. The van der Waals surface area contributed by atoms with Crippen molar-refractivity contribution in [1.82, 2.24) is 0 Å². The fourth-order valence-electron chi connectivity index (χ4n) is 2.37. The second kappa shape index (κ2) is 5.84. The molecule has 0 amide bonds. The molecule has 0 bridgehead atoms. The van der Waals surface area contributed by atoms with Gasteiger partial charge in [0.15, 0.2) is 11.6 Å². The zero-order valence-corrected chi connectivity index (χ0v) is 12.5. The summed E-state index contributed by atoms with van der Waals surface area (Å²) in [5.74, 6) is 0.609. The maximum absolute atomic E-state index is 13.2. The van der Waals surface area contributed by atoms with Crippen LogP contribution >= 0.6 is 23.1 Å². The molecule has 0 spiro atoms. The first kappa shape index (κ1) is 14.0. The summed E-state index contributed by atoms with van der Waals surface area (Å²) in [6.45, 7) is 0. The third-order valence-corrected chi connectivity index (χ3v) is 5.83. The Bertz CT molecular complexity index is 601. The molecule has 1 unspecified atom stereocenters. The molecule has 1 aliphatic heterocycles. The largest absolute Gasteiger partial charge is 0.323 e. The van der Waals surface area contributed by atoms with Crippen LogP contribution in [0.3, 0.4) is 0 Å². The molecule has 20 heavy (non-hydrogen) atoms. The van der Waals surface area contributed by atoms with E-state index in [2.05, 4.69) is 6.07 Å². The molecule has 1 atom stereocenters. The molecule has 1 aromatic carbocycles. The van der Waals surface area contributed by atoms with Crippen molar-refractivity contribution in [3.8, 4) is 0 Å². The summed E-state index contributed by atoms with van der Waals surface area (Å²) in [5, 5.41) is 0. The van der Waals surface area contributed by atoms with E-state index in [4.69, 9.17) is 5.73 Å². The molecule has 0 radical (unpaired) electrons. The van der Waals surface area contributed by atoms with Crippen LogP contribution in [0.25, 0.3) is 0 Å². The molecule has 2 heterocycles. The van der Waals surface area contributed by atoms with Crippen LogP contribution in [-0.2, 0) is 18.6 Å². The highest BCUT2D eigenvalue weighted by atomic mass is 32.2. The number of halogens is 2. The quantitative estimate of drug-likeness (QED) is 0.925. The Labute approximate surface area is 125 Å². The Morgan fingerprint density at radius 1 is 1.20 bits per heavy atom. The van der Waals surface area contributed by atoms with E-state index in [1.165, 1.54) is 22.3 Å². The highest BCUT2D eigenvalue weighted by Crippen LogP contribution is 2.34. The topological polar surface area (TPSA) is 26.0 Å². The van der Waals surface area contributed by atoms with Crippen molar-refractivity contribution in [3.05, 3.63) is 56.8 Å². The van der Waals surface area contributed by atoms with Gasteiger partial charge in [-0.1, -0.05) is 6.07 Å². The number of nitrogens with two attached hydrogens (primary N) is 1. The fraction of sp³-hybridized carbons (Fsp3) is 0.333. The molecule has 1 nitrogen and oxygen atoms in total. The SMILES string of the molecule is NC(Cc1ccc(F)c(F)c1)c1cc2c(s1)CCSC2. The van der Waals surface area contributed by atoms with Gasteiger partial charge in [0.25, 0.3) is 0 Å². The van der Waals surface area contributed by atoms with Crippen molar-refractivity contribution in [2.75, 3.05) is 5.75 Å². The van der Waals surface area contributed by atoms with Crippen LogP contribution in [0.15, 0.2) is 24.3 Å². The lowest BCUT2D eigenvalue weighted by atomic mass is 10.0. The van der Waals surface area contributed by atoms with Crippen LogP contribution in [-0.4, -0.2) is 5.75 Å². The van der Waals surface area contributed by atoms with Crippen LogP contribution in [0.5, 0.6) is 0 Å². The first-order valence-corrected chi connectivity index (χ1v) is 8.49. The summed E-state index contributed by atoms with van der Waals surface area (Å²) in [5.41, 5.74) is 8.34. The fourth-order valence-corrected chi connectivity index (χ4v) is 4.75. The summed E-state index contributed by atoms with van der Waals surface area (Å²) in [4.78, 5) is 2.57. The van der Waals surface area contributed by atoms with Gasteiger partial charge >= 0.3 is 0 Å². The van der Waals surface area contributed by atoms with Gasteiger partial charge in [0.05, 0.1) is 0 Å². The summed E-state index contributed by atoms with van der Waals surface area (Å²) >= 11 is 3.71. The Hall–Kier alpha value is -0.910. The third-order valence-electron chi connectivity index (χ3n) is 3.45. The van der Waals surface area contributed by atoms with Crippen molar-refractivity contribution < 1.29 is 8.78 Å². The first-order valence-electron chi connectivity index (χ1n) is 6.52. The van der Waals surface area contributed by atoms with Crippen LogP contribution < -0.4 is 5.73 Å². The molecule has 5 heteroatoms. The highest BCUT2D eigenvalue weighted by molar-refractivity contribution is 7.98. The Morgan fingerprint density at radius 3 is 2.80 bits per heavy atom. The van der Waals surface area contributed by atoms with Gasteiger partial charge in [-0.25, -0.2) is 8.78 Å². The minimum Gasteiger partial charge on any atom is -0.323 e. The van der Waals surface area contributed by atoms with Gasteiger partial charge in [-0.2, -0.15) is 11.8 Å². The normalized spacial score (nSPS) is 15.9. The monoisotopic (exact) mass is 311 g/mol. The molecule has 0 fully saturated rings. The summed E-state index contributed by atoms with van der Waals surface area (Å²) < 4.78 is 26.1. The van der Waals surface area contributed by atoms with Crippen LogP contribution in [0.1, 0.15) is 26.9 Å². The first-order chi connectivity index (χ1) is 9.63. The average molecular weight is 311 g/mol. The van der Waals surface area contributed by atoms with Gasteiger partial charge in [0, 0.05) is 21.5 Å². The highest BCUT2D eigenvalue weighted by Gasteiger charge is 2.17. The van der Waals surface area contributed by atoms with Crippen LogP contribution in [0.2, 0.25) is 0 Å². The van der Waals surface area contributed by atoms with E-state index in [0.29, 0.717) is 6.42 Å². The Balaban J connectivity index is 1.76. The van der Waals surface area contributed by atoms with Gasteiger partial charge in [-0.3, -0.25) is 0 Å².